The van der Waals surface area contributed by atoms with Gasteiger partial charge in [0.2, 0.25) is 0 Å². The quantitative estimate of drug-likeness (QED) is 0.514. The lowest BCUT2D eigenvalue weighted by Crippen LogP contribution is -2.08. The first kappa shape index (κ1) is 19.1. The summed E-state index contributed by atoms with van der Waals surface area (Å²) in [6.07, 6.45) is 0.800. The number of fused-ring (bicyclic) bond motifs is 1. The summed E-state index contributed by atoms with van der Waals surface area (Å²) < 4.78 is 1.85. The first-order valence-corrected chi connectivity index (χ1v) is 9.97. The number of rotatable bonds is 6. The molecule has 0 aliphatic rings. The van der Waals surface area contributed by atoms with Gasteiger partial charge in [0.15, 0.2) is 17.0 Å². The van der Waals surface area contributed by atoms with Crippen LogP contribution in [0, 0.1) is 19.8 Å². The maximum Gasteiger partial charge on any atom is 0.184 e. The summed E-state index contributed by atoms with van der Waals surface area (Å²) >= 11 is 0. The van der Waals surface area contributed by atoms with Gasteiger partial charge in [-0.2, -0.15) is 0 Å². The summed E-state index contributed by atoms with van der Waals surface area (Å²) in [4.78, 5) is 9.57. The zero-order chi connectivity index (χ0) is 20.4. The normalized spacial score (nSPS) is 11.3. The number of nitrogens with one attached hydrogen (secondary N) is 1. The summed E-state index contributed by atoms with van der Waals surface area (Å²) in [6, 6.07) is 16.6. The molecule has 0 aliphatic carbocycles. The monoisotopic (exact) mass is 386 g/mol. The molecule has 0 fully saturated rings. The standard InChI is InChI=1S/C23H26N6/c1-15(2)10-20-25-22(24-19-12-16(3)11-17(4)13-19)21-23(26-20)29(28-27-21)14-18-8-6-5-7-9-18/h5-9,11-13,15H,10,14H2,1-4H3,(H,24,25,26). The highest BCUT2D eigenvalue weighted by Gasteiger charge is 2.16. The van der Waals surface area contributed by atoms with Crippen molar-refractivity contribution in [1.29, 1.82) is 0 Å². The Hall–Kier alpha value is -3.28. The molecular weight excluding hydrogens is 360 g/mol. The molecule has 1 N–H and O–H groups in total. The van der Waals surface area contributed by atoms with Crippen LogP contribution in [0.15, 0.2) is 48.5 Å². The number of anilines is 2. The van der Waals surface area contributed by atoms with E-state index in [0.717, 1.165) is 29.1 Å². The van der Waals surface area contributed by atoms with Crippen molar-refractivity contribution in [2.24, 2.45) is 5.92 Å². The van der Waals surface area contributed by atoms with Crippen LogP contribution in [0.25, 0.3) is 11.2 Å². The maximum atomic E-state index is 4.80. The van der Waals surface area contributed by atoms with E-state index in [-0.39, 0.29) is 0 Å². The molecule has 0 spiro atoms. The van der Waals surface area contributed by atoms with Gasteiger partial charge < -0.3 is 5.32 Å². The third-order valence-corrected chi connectivity index (χ3v) is 4.66. The van der Waals surface area contributed by atoms with Crippen LogP contribution in [0.5, 0.6) is 0 Å². The molecule has 0 amide bonds. The van der Waals surface area contributed by atoms with E-state index >= 15 is 0 Å². The van der Waals surface area contributed by atoms with Gasteiger partial charge in [-0.25, -0.2) is 14.6 Å². The van der Waals surface area contributed by atoms with Crippen molar-refractivity contribution in [2.75, 3.05) is 5.32 Å². The van der Waals surface area contributed by atoms with Crippen molar-refractivity contribution in [1.82, 2.24) is 25.0 Å². The second kappa shape index (κ2) is 7.99. The highest BCUT2D eigenvalue weighted by atomic mass is 15.4. The zero-order valence-corrected chi connectivity index (χ0v) is 17.3. The fraction of sp³-hybridized carbons (Fsp3) is 0.304. The lowest BCUT2D eigenvalue weighted by atomic mass is 10.1. The van der Waals surface area contributed by atoms with Gasteiger partial charge >= 0.3 is 0 Å². The molecule has 2 aromatic carbocycles. The first-order valence-electron chi connectivity index (χ1n) is 9.97. The van der Waals surface area contributed by atoms with E-state index in [1.807, 2.05) is 22.9 Å². The van der Waals surface area contributed by atoms with Crippen LogP contribution in [0.2, 0.25) is 0 Å². The molecule has 0 bridgehead atoms. The molecule has 0 saturated carbocycles. The van der Waals surface area contributed by atoms with Crippen LogP contribution < -0.4 is 5.32 Å². The molecule has 0 aliphatic heterocycles. The average Bonchev–Trinajstić information content (AvgIpc) is 3.04. The van der Waals surface area contributed by atoms with Gasteiger partial charge in [-0.15, -0.1) is 5.10 Å². The van der Waals surface area contributed by atoms with Gasteiger partial charge in [0, 0.05) is 12.1 Å². The summed E-state index contributed by atoms with van der Waals surface area (Å²) in [5.41, 5.74) is 6.00. The van der Waals surface area contributed by atoms with E-state index in [1.54, 1.807) is 0 Å². The Morgan fingerprint density at radius 2 is 1.69 bits per heavy atom. The minimum atomic E-state index is 0.458. The van der Waals surface area contributed by atoms with Crippen molar-refractivity contribution < 1.29 is 0 Å². The second-order valence-electron chi connectivity index (χ2n) is 7.99. The number of nitrogens with zero attached hydrogens (tertiary/aromatic N) is 5. The minimum absolute atomic E-state index is 0.458. The SMILES string of the molecule is Cc1cc(C)cc(Nc2nc(CC(C)C)nc3c2nnn3Cc2ccccc2)c1. The summed E-state index contributed by atoms with van der Waals surface area (Å²) in [7, 11) is 0. The molecule has 148 valence electrons. The van der Waals surface area contributed by atoms with E-state index in [4.69, 9.17) is 9.97 Å². The first-order chi connectivity index (χ1) is 14.0. The average molecular weight is 387 g/mol. The van der Waals surface area contributed by atoms with Gasteiger partial charge in [-0.1, -0.05) is 55.5 Å². The van der Waals surface area contributed by atoms with Gasteiger partial charge in [0.1, 0.15) is 5.82 Å². The van der Waals surface area contributed by atoms with E-state index in [1.165, 1.54) is 11.1 Å². The Morgan fingerprint density at radius 3 is 2.38 bits per heavy atom. The number of benzene rings is 2. The topological polar surface area (TPSA) is 68.5 Å². The molecule has 4 aromatic rings. The Labute approximate surface area is 171 Å². The molecule has 29 heavy (non-hydrogen) atoms. The molecule has 0 atom stereocenters. The fourth-order valence-electron chi connectivity index (χ4n) is 3.49. The van der Waals surface area contributed by atoms with Crippen molar-refractivity contribution >= 4 is 22.7 Å². The molecule has 0 radical (unpaired) electrons. The van der Waals surface area contributed by atoms with Crippen LogP contribution in [-0.2, 0) is 13.0 Å². The zero-order valence-electron chi connectivity index (χ0n) is 17.3. The lowest BCUT2D eigenvalue weighted by Gasteiger charge is -2.11. The van der Waals surface area contributed by atoms with Crippen LogP contribution in [0.3, 0.4) is 0 Å². The number of hydrogen-bond acceptors (Lipinski definition) is 5. The maximum absolute atomic E-state index is 4.80. The molecule has 2 aromatic heterocycles. The van der Waals surface area contributed by atoms with Gasteiger partial charge in [0.05, 0.1) is 6.54 Å². The van der Waals surface area contributed by atoms with Crippen LogP contribution >= 0.6 is 0 Å². The Balaban J connectivity index is 1.78. The lowest BCUT2D eigenvalue weighted by molar-refractivity contribution is 0.618. The molecule has 0 unspecified atom stereocenters. The Kier molecular flexibility index (Phi) is 5.25. The van der Waals surface area contributed by atoms with Gasteiger partial charge in [0.25, 0.3) is 0 Å². The number of aromatic nitrogens is 5. The third-order valence-electron chi connectivity index (χ3n) is 4.66. The highest BCUT2D eigenvalue weighted by molar-refractivity contribution is 5.85. The van der Waals surface area contributed by atoms with E-state index in [2.05, 4.69) is 73.7 Å². The van der Waals surface area contributed by atoms with E-state index < -0.39 is 0 Å². The fourth-order valence-corrected chi connectivity index (χ4v) is 3.49. The van der Waals surface area contributed by atoms with Crippen LogP contribution in [0.1, 0.15) is 36.4 Å². The van der Waals surface area contributed by atoms with Crippen LogP contribution in [0.4, 0.5) is 11.5 Å². The Bertz CT molecular complexity index is 1110. The van der Waals surface area contributed by atoms with Gasteiger partial charge in [-0.05, 0) is 48.6 Å². The minimum Gasteiger partial charge on any atom is -0.338 e. The van der Waals surface area contributed by atoms with Gasteiger partial charge in [-0.3, -0.25) is 0 Å². The van der Waals surface area contributed by atoms with Crippen LogP contribution in [-0.4, -0.2) is 25.0 Å². The Morgan fingerprint density at radius 1 is 0.966 bits per heavy atom. The number of aryl methyl sites for hydroxylation is 2. The molecule has 6 nitrogen and oxygen atoms in total. The largest absolute Gasteiger partial charge is 0.338 e. The van der Waals surface area contributed by atoms with Crippen molar-refractivity contribution in [3.8, 4) is 0 Å². The number of hydrogen-bond donors (Lipinski definition) is 1. The second-order valence-corrected chi connectivity index (χ2v) is 7.99. The molecule has 6 heteroatoms. The molecule has 2 heterocycles. The molecular formula is C23H26N6. The molecule has 0 saturated heterocycles. The third kappa shape index (κ3) is 4.42. The highest BCUT2D eigenvalue weighted by Crippen LogP contribution is 2.24. The predicted molar refractivity (Wildman–Crippen MR) is 116 cm³/mol. The van der Waals surface area contributed by atoms with Crippen molar-refractivity contribution in [3.05, 3.63) is 71.0 Å². The van der Waals surface area contributed by atoms with E-state index in [9.17, 15) is 0 Å². The molecule has 4 rings (SSSR count). The predicted octanol–water partition coefficient (Wildman–Crippen LogP) is 4.83. The smallest absolute Gasteiger partial charge is 0.184 e. The summed E-state index contributed by atoms with van der Waals surface area (Å²) in [5.74, 6) is 1.96. The van der Waals surface area contributed by atoms with E-state index in [0.29, 0.717) is 23.8 Å². The summed E-state index contributed by atoms with van der Waals surface area (Å²) in [6.45, 7) is 9.15. The van der Waals surface area contributed by atoms with Crippen molar-refractivity contribution in [2.45, 2.75) is 40.7 Å². The van der Waals surface area contributed by atoms with Crippen molar-refractivity contribution in [3.63, 3.8) is 0 Å². The summed E-state index contributed by atoms with van der Waals surface area (Å²) in [5, 5.41) is 12.2.